The van der Waals surface area contributed by atoms with Crippen LogP contribution in [0, 0.1) is 11.3 Å². The summed E-state index contributed by atoms with van der Waals surface area (Å²) in [7, 11) is 1.46. The fourth-order valence-electron chi connectivity index (χ4n) is 7.49. The van der Waals surface area contributed by atoms with Crippen LogP contribution in [0.25, 0.3) is 0 Å². The highest BCUT2D eigenvalue weighted by atomic mass is 16.5. The molecule has 7 rings (SSSR count). The number of carbonyl (C=O) groups excluding carboxylic acids is 1. The van der Waals surface area contributed by atoms with Crippen LogP contribution in [-0.2, 0) is 14.9 Å². The number of aliphatic hydroxyl groups excluding tert-OH is 1. The molecular weight excluding hydrogens is 328 g/mol. The minimum absolute atomic E-state index is 0.0570. The van der Waals surface area contributed by atoms with E-state index in [4.69, 9.17) is 4.74 Å². The third-order valence-corrected chi connectivity index (χ3v) is 8.30. The Morgan fingerprint density at radius 3 is 3.00 bits per heavy atom. The summed E-state index contributed by atoms with van der Waals surface area (Å²) in [5.74, 6) is -0.154. The van der Waals surface area contributed by atoms with Crippen molar-refractivity contribution in [2.75, 3.05) is 19.0 Å². The molecule has 1 aromatic rings. The summed E-state index contributed by atoms with van der Waals surface area (Å²) >= 11 is 0. The van der Waals surface area contributed by atoms with Gasteiger partial charge in [0.2, 0.25) is 0 Å². The molecule has 1 spiro atoms. The van der Waals surface area contributed by atoms with Crippen molar-refractivity contribution in [2.24, 2.45) is 11.3 Å². The number of rotatable bonds is 1. The number of ether oxygens (including phenoxy) is 1. The van der Waals surface area contributed by atoms with Crippen molar-refractivity contribution >= 4 is 11.7 Å². The molecule has 5 fully saturated rings. The summed E-state index contributed by atoms with van der Waals surface area (Å²) < 4.78 is 5.34. The predicted octanol–water partition coefficient (Wildman–Crippen LogP) is 1.68. The molecule has 1 aromatic carbocycles. The number of piperidine rings is 4. The van der Waals surface area contributed by atoms with Crippen molar-refractivity contribution < 1.29 is 14.6 Å². The average Bonchev–Trinajstić information content (AvgIpc) is 3.13. The van der Waals surface area contributed by atoms with Crippen molar-refractivity contribution in [2.45, 2.75) is 49.4 Å². The largest absolute Gasteiger partial charge is 0.468 e. The number of hydrogen-bond donors (Lipinski definition) is 2. The van der Waals surface area contributed by atoms with Gasteiger partial charge in [-0.3, -0.25) is 9.69 Å². The Hall–Kier alpha value is -1.85. The number of carbonyl (C=O) groups is 1. The number of benzene rings is 1. The van der Waals surface area contributed by atoms with Gasteiger partial charge in [0, 0.05) is 35.6 Å². The molecule has 1 unspecified atom stereocenters. The Balaban J connectivity index is 1.65. The molecule has 5 aliphatic heterocycles. The molecule has 136 valence electrons. The third-order valence-electron chi connectivity index (χ3n) is 8.30. The summed E-state index contributed by atoms with van der Waals surface area (Å²) in [4.78, 5) is 15.7. The molecule has 5 heterocycles. The first-order valence-corrected chi connectivity index (χ1v) is 9.64. The van der Waals surface area contributed by atoms with Crippen molar-refractivity contribution in [1.82, 2.24) is 4.90 Å². The summed E-state index contributed by atoms with van der Waals surface area (Å²) in [6.07, 6.45) is 3.15. The maximum absolute atomic E-state index is 13.2. The van der Waals surface area contributed by atoms with Gasteiger partial charge in [-0.1, -0.05) is 29.8 Å². The standard InChI is InChI=1S/C21H24N2O3/c1-3-11-10-23-15-8-13(11)21(19(25)26-2)16(23)9-20(18(21)24)12-6-4-5-7-14(12)22-17(15)20/h3-7,13,15-18,22,24H,8-10H2,1-2H3/b11-3-/t13-,15+,16+,17-,18-,20-,21+/m1/s1. The number of allylic oxidation sites excluding steroid dienone is 1. The van der Waals surface area contributed by atoms with E-state index < -0.39 is 16.9 Å². The van der Waals surface area contributed by atoms with Crippen LogP contribution in [0.4, 0.5) is 5.69 Å². The zero-order valence-corrected chi connectivity index (χ0v) is 15.1. The topological polar surface area (TPSA) is 61.8 Å². The maximum Gasteiger partial charge on any atom is 0.316 e. The molecule has 0 radical (unpaired) electrons. The third kappa shape index (κ3) is 1.28. The fraction of sp³-hybridized carbons (Fsp3) is 0.571. The van der Waals surface area contributed by atoms with Crippen LogP contribution in [0.3, 0.4) is 0 Å². The highest BCUT2D eigenvalue weighted by molar-refractivity contribution is 5.84. The predicted molar refractivity (Wildman–Crippen MR) is 96.7 cm³/mol. The zero-order chi connectivity index (χ0) is 17.8. The molecular formula is C21H24N2O3. The number of para-hydroxylation sites is 1. The monoisotopic (exact) mass is 352 g/mol. The molecule has 5 bridgehead atoms. The zero-order valence-electron chi connectivity index (χ0n) is 15.1. The van der Waals surface area contributed by atoms with Gasteiger partial charge in [0.25, 0.3) is 0 Å². The minimum atomic E-state index is -0.848. The fourth-order valence-corrected chi connectivity index (χ4v) is 7.49. The molecule has 4 saturated heterocycles. The van der Waals surface area contributed by atoms with E-state index in [1.165, 1.54) is 18.2 Å². The summed E-state index contributed by atoms with van der Waals surface area (Å²) in [6, 6.07) is 8.89. The Morgan fingerprint density at radius 1 is 1.42 bits per heavy atom. The molecule has 1 saturated carbocycles. The van der Waals surface area contributed by atoms with Crippen LogP contribution < -0.4 is 5.32 Å². The van der Waals surface area contributed by atoms with Gasteiger partial charge in [0.1, 0.15) is 5.41 Å². The number of fused-ring (bicyclic) bond motifs is 2. The van der Waals surface area contributed by atoms with E-state index in [1.807, 2.05) is 12.1 Å². The Bertz CT molecular complexity index is 867. The van der Waals surface area contributed by atoms with Gasteiger partial charge in [0.05, 0.1) is 19.3 Å². The van der Waals surface area contributed by atoms with E-state index in [1.54, 1.807) is 0 Å². The first-order valence-electron chi connectivity index (χ1n) is 9.64. The molecule has 2 N–H and O–H groups in total. The lowest BCUT2D eigenvalue weighted by atomic mass is 9.58. The Labute approximate surface area is 153 Å². The number of nitrogens with zero attached hydrogens (tertiary/aromatic N) is 1. The lowest BCUT2D eigenvalue weighted by Gasteiger charge is -2.60. The average molecular weight is 352 g/mol. The molecule has 5 nitrogen and oxygen atoms in total. The molecule has 5 heteroatoms. The maximum atomic E-state index is 13.2. The number of anilines is 1. The van der Waals surface area contributed by atoms with Crippen LogP contribution in [0.15, 0.2) is 35.9 Å². The number of methoxy groups -OCH3 is 1. The van der Waals surface area contributed by atoms with Gasteiger partial charge >= 0.3 is 5.97 Å². The van der Waals surface area contributed by atoms with Gasteiger partial charge < -0.3 is 15.2 Å². The van der Waals surface area contributed by atoms with Crippen LogP contribution in [0.2, 0.25) is 0 Å². The van der Waals surface area contributed by atoms with Crippen LogP contribution in [0.5, 0.6) is 0 Å². The van der Waals surface area contributed by atoms with Crippen LogP contribution in [0.1, 0.15) is 25.3 Å². The number of nitrogens with one attached hydrogen (secondary N) is 1. The van der Waals surface area contributed by atoms with E-state index >= 15 is 0 Å². The van der Waals surface area contributed by atoms with E-state index in [-0.39, 0.29) is 24.0 Å². The van der Waals surface area contributed by atoms with Gasteiger partial charge in [0.15, 0.2) is 0 Å². The molecule has 1 aliphatic carbocycles. The Kier molecular flexibility index (Phi) is 2.65. The SMILES string of the molecule is C/C=C1/CN2[C@H]3C[C@@]45c6ccccc6N[C@@H]4[C@@H]2C[C@H]1[C@@]3(C(=O)OC)[C@@H]5O. The van der Waals surface area contributed by atoms with Crippen molar-refractivity contribution in [1.29, 1.82) is 0 Å². The second kappa shape index (κ2) is 4.52. The number of hydrogen-bond acceptors (Lipinski definition) is 5. The van der Waals surface area contributed by atoms with Gasteiger partial charge in [-0.15, -0.1) is 0 Å². The molecule has 0 amide bonds. The molecule has 0 aromatic heterocycles. The normalized spacial score (nSPS) is 50.5. The van der Waals surface area contributed by atoms with Crippen LogP contribution >= 0.6 is 0 Å². The first-order chi connectivity index (χ1) is 12.6. The second-order valence-corrected chi connectivity index (χ2v) is 8.65. The van der Waals surface area contributed by atoms with Gasteiger partial charge in [-0.2, -0.15) is 0 Å². The summed E-state index contributed by atoms with van der Waals surface area (Å²) in [5.41, 5.74) is 2.34. The van der Waals surface area contributed by atoms with E-state index in [0.717, 1.165) is 25.1 Å². The molecule has 6 aliphatic rings. The summed E-state index contributed by atoms with van der Waals surface area (Å²) in [5, 5.41) is 15.6. The second-order valence-electron chi connectivity index (χ2n) is 8.65. The number of aliphatic hydroxyl groups is 1. The van der Waals surface area contributed by atoms with Crippen LogP contribution in [-0.4, -0.2) is 53.9 Å². The first kappa shape index (κ1) is 15.2. The van der Waals surface area contributed by atoms with E-state index in [2.05, 4.69) is 35.3 Å². The highest BCUT2D eigenvalue weighted by Crippen LogP contribution is 2.71. The van der Waals surface area contributed by atoms with Gasteiger partial charge in [-0.05, 0) is 31.4 Å². The van der Waals surface area contributed by atoms with Crippen molar-refractivity contribution in [3.8, 4) is 0 Å². The van der Waals surface area contributed by atoms with Crippen molar-refractivity contribution in [3.05, 3.63) is 41.5 Å². The lowest BCUT2D eigenvalue weighted by molar-refractivity contribution is -0.179. The minimum Gasteiger partial charge on any atom is -0.468 e. The lowest BCUT2D eigenvalue weighted by Crippen LogP contribution is -2.71. The quantitative estimate of drug-likeness (QED) is 0.595. The van der Waals surface area contributed by atoms with Gasteiger partial charge in [-0.25, -0.2) is 0 Å². The van der Waals surface area contributed by atoms with E-state index in [9.17, 15) is 9.90 Å². The number of esters is 1. The highest BCUT2D eigenvalue weighted by Gasteiger charge is 2.82. The molecule has 8 atom stereocenters. The summed E-state index contributed by atoms with van der Waals surface area (Å²) in [6.45, 7) is 2.96. The Morgan fingerprint density at radius 2 is 2.23 bits per heavy atom. The van der Waals surface area contributed by atoms with Crippen molar-refractivity contribution in [3.63, 3.8) is 0 Å². The smallest absolute Gasteiger partial charge is 0.316 e. The molecule has 26 heavy (non-hydrogen) atoms. The van der Waals surface area contributed by atoms with E-state index in [0.29, 0.717) is 6.04 Å².